The molecular formula is C11H17N3O2S2. The Morgan fingerprint density at radius 2 is 2.33 bits per heavy atom. The molecule has 1 heterocycles. The molecule has 0 unspecified atom stereocenters. The lowest BCUT2D eigenvalue weighted by atomic mass is 10.0. The Hall–Kier alpha value is -0.820. The first-order valence-electron chi connectivity index (χ1n) is 6.05. The van der Waals surface area contributed by atoms with Crippen LogP contribution in [0.1, 0.15) is 32.6 Å². The van der Waals surface area contributed by atoms with Crippen LogP contribution in [0.15, 0.2) is 4.34 Å². The van der Waals surface area contributed by atoms with Gasteiger partial charge in [0.2, 0.25) is 5.13 Å². The molecule has 0 bridgehead atoms. The van der Waals surface area contributed by atoms with Gasteiger partial charge in [-0.3, -0.25) is 4.79 Å². The Morgan fingerprint density at radius 3 is 2.94 bits per heavy atom. The van der Waals surface area contributed by atoms with E-state index in [1.54, 1.807) is 0 Å². The average Bonchev–Trinajstić information content (AvgIpc) is 2.94. The summed E-state index contributed by atoms with van der Waals surface area (Å²) in [5.41, 5.74) is 0.481. The largest absolute Gasteiger partial charge is 0.481 e. The Labute approximate surface area is 114 Å². The van der Waals surface area contributed by atoms with Crippen LogP contribution in [0.5, 0.6) is 0 Å². The van der Waals surface area contributed by atoms with Crippen molar-refractivity contribution in [2.45, 2.75) is 36.9 Å². The minimum Gasteiger partial charge on any atom is -0.481 e. The predicted octanol–water partition coefficient (Wildman–Crippen LogP) is 2.71. The highest BCUT2D eigenvalue weighted by Gasteiger charge is 2.41. The van der Waals surface area contributed by atoms with Crippen LogP contribution >= 0.6 is 23.1 Å². The van der Waals surface area contributed by atoms with E-state index in [1.165, 1.54) is 48.8 Å². The van der Waals surface area contributed by atoms with Gasteiger partial charge in [-0.1, -0.05) is 36.4 Å². The molecule has 0 spiro atoms. The van der Waals surface area contributed by atoms with Crippen LogP contribution in [0.4, 0.5) is 5.13 Å². The number of aliphatic carboxylic acids is 1. The highest BCUT2D eigenvalue weighted by molar-refractivity contribution is 8.01. The molecule has 18 heavy (non-hydrogen) atoms. The van der Waals surface area contributed by atoms with Crippen molar-refractivity contribution in [2.75, 3.05) is 17.6 Å². The summed E-state index contributed by atoms with van der Waals surface area (Å²) in [6.45, 7) is 3.17. The Morgan fingerprint density at radius 1 is 1.56 bits per heavy atom. The normalized spacial score (nSPS) is 16.5. The van der Waals surface area contributed by atoms with E-state index in [-0.39, 0.29) is 5.75 Å². The first-order chi connectivity index (χ1) is 8.63. The molecule has 0 amide bonds. The molecule has 0 aromatic carbocycles. The number of hydrogen-bond donors (Lipinski definition) is 2. The zero-order valence-corrected chi connectivity index (χ0v) is 11.9. The number of hydrogen-bond acceptors (Lipinski definition) is 6. The third-order valence-corrected chi connectivity index (χ3v) is 5.08. The highest BCUT2D eigenvalue weighted by Crippen LogP contribution is 2.49. The van der Waals surface area contributed by atoms with E-state index in [9.17, 15) is 4.79 Å². The molecule has 1 fully saturated rings. The first-order valence-corrected chi connectivity index (χ1v) is 7.86. The second-order valence-corrected chi connectivity index (χ2v) is 6.86. The van der Waals surface area contributed by atoms with Gasteiger partial charge in [0.25, 0.3) is 0 Å². The maximum Gasteiger partial charge on any atom is 0.313 e. The molecule has 100 valence electrons. The number of carbonyl (C=O) groups is 1. The van der Waals surface area contributed by atoms with Crippen LogP contribution in [0.25, 0.3) is 0 Å². The predicted molar refractivity (Wildman–Crippen MR) is 73.3 cm³/mol. The quantitative estimate of drug-likeness (QED) is 0.716. The van der Waals surface area contributed by atoms with E-state index >= 15 is 0 Å². The van der Waals surface area contributed by atoms with E-state index in [4.69, 9.17) is 5.11 Å². The molecule has 0 aliphatic heterocycles. The third-order valence-electron chi connectivity index (χ3n) is 3.08. The minimum absolute atomic E-state index is 0.0361. The molecule has 1 aliphatic rings. The Balaban J connectivity index is 1.78. The van der Waals surface area contributed by atoms with Gasteiger partial charge >= 0.3 is 5.97 Å². The van der Waals surface area contributed by atoms with Gasteiger partial charge in [0.05, 0.1) is 5.75 Å². The minimum atomic E-state index is -0.829. The van der Waals surface area contributed by atoms with Crippen LogP contribution in [0.3, 0.4) is 0 Å². The molecule has 0 radical (unpaired) electrons. The third kappa shape index (κ3) is 3.84. The van der Waals surface area contributed by atoms with Gasteiger partial charge in [-0.2, -0.15) is 0 Å². The lowest BCUT2D eigenvalue weighted by Crippen LogP contribution is -2.14. The molecule has 1 aromatic heterocycles. The van der Waals surface area contributed by atoms with E-state index in [2.05, 4.69) is 22.4 Å². The van der Waals surface area contributed by atoms with Gasteiger partial charge in [0, 0.05) is 6.54 Å². The van der Waals surface area contributed by atoms with Crippen molar-refractivity contribution in [3.05, 3.63) is 0 Å². The van der Waals surface area contributed by atoms with E-state index < -0.39 is 5.97 Å². The fourth-order valence-corrected chi connectivity index (χ4v) is 3.42. The number of thioether (sulfide) groups is 1. The van der Waals surface area contributed by atoms with E-state index in [1.807, 2.05) is 0 Å². The number of carboxylic acid groups (broad SMARTS) is 1. The monoisotopic (exact) mass is 287 g/mol. The number of nitrogens with zero attached hydrogens (tertiary/aromatic N) is 2. The van der Waals surface area contributed by atoms with Crippen molar-refractivity contribution in [2.24, 2.45) is 5.41 Å². The van der Waals surface area contributed by atoms with Crippen molar-refractivity contribution in [1.82, 2.24) is 10.2 Å². The molecule has 1 aliphatic carbocycles. The molecule has 7 heteroatoms. The van der Waals surface area contributed by atoms with Crippen molar-refractivity contribution in [3.8, 4) is 0 Å². The fourth-order valence-electron chi connectivity index (χ4n) is 1.95. The standard InChI is InChI=1S/C11H17N3O2S2/c1-2-3-11(4-5-11)7-12-9-13-14-10(18-9)17-6-8(15)16/h2-7H2,1H3,(H,12,13)(H,15,16). The second kappa shape index (κ2) is 5.88. The highest BCUT2D eigenvalue weighted by atomic mass is 32.2. The van der Waals surface area contributed by atoms with Gasteiger partial charge in [0.15, 0.2) is 4.34 Å². The maximum atomic E-state index is 10.4. The molecule has 5 nitrogen and oxygen atoms in total. The zero-order valence-electron chi connectivity index (χ0n) is 10.3. The van der Waals surface area contributed by atoms with Crippen molar-refractivity contribution in [3.63, 3.8) is 0 Å². The summed E-state index contributed by atoms with van der Waals surface area (Å²) in [5, 5.41) is 20.7. The maximum absolute atomic E-state index is 10.4. The summed E-state index contributed by atoms with van der Waals surface area (Å²) in [6.07, 6.45) is 5.08. The van der Waals surface area contributed by atoms with E-state index in [0.29, 0.717) is 9.75 Å². The lowest BCUT2D eigenvalue weighted by Gasteiger charge is -2.13. The van der Waals surface area contributed by atoms with Crippen LogP contribution < -0.4 is 5.32 Å². The first kappa shape index (κ1) is 13.6. The smallest absolute Gasteiger partial charge is 0.313 e. The average molecular weight is 287 g/mol. The number of anilines is 1. The van der Waals surface area contributed by atoms with Crippen LogP contribution in [-0.2, 0) is 4.79 Å². The number of carboxylic acids is 1. The molecule has 0 saturated heterocycles. The van der Waals surface area contributed by atoms with Gasteiger partial charge < -0.3 is 10.4 Å². The Kier molecular flexibility index (Phi) is 4.45. The Bertz CT molecular complexity index is 418. The van der Waals surface area contributed by atoms with E-state index in [0.717, 1.165) is 11.7 Å². The summed E-state index contributed by atoms with van der Waals surface area (Å²) < 4.78 is 0.709. The van der Waals surface area contributed by atoms with Crippen LogP contribution in [-0.4, -0.2) is 33.6 Å². The molecular weight excluding hydrogens is 270 g/mol. The van der Waals surface area contributed by atoms with Crippen molar-refractivity contribution in [1.29, 1.82) is 0 Å². The zero-order chi connectivity index (χ0) is 13.0. The molecule has 2 rings (SSSR count). The van der Waals surface area contributed by atoms with Crippen LogP contribution in [0.2, 0.25) is 0 Å². The fraction of sp³-hybridized carbons (Fsp3) is 0.727. The summed E-state index contributed by atoms with van der Waals surface area (Å²) in [4.78, 5) is 10.4. The van der Waals surface area contributed by atoms with Crippen molar-refractivity contribution < 1.29 is 9.90 Å². The summed E-state index contributed by atoms with van der Waals surface area (Å²) in [7, 11) is 0. The SMILES string of the molecule is CCCC1(CNc2nnc(SCC(=O)O)s2)CC1. The second-order valence-electron chi connectivity index (χ2n) is 4.66. The topological polar surface area (TPSA) is 75.1 Å². The van der Waals surface area contributed by atoms with Gasteiger partial charge in [-0.05, 0) is 24.7 Å². The number of rotatable bonds is 8. The van der Waals surface area contributed by atoms with Gasteiger partial charge in [-0.25, -0.2) is 0 Å². The lowest BCUT2D eigenvalue weighted by molar-refractivity contribution is -0.133. The molecule has 0 atom stereocenters. The summed E-state index contributed by atoms with van der Waals surface area (Å²) in [5.74, 6) is -0.793. The molecule has 1 saturated carbocycles. The molecule has 2 N–H and O–H groups in total. The number of aromatic nitrogens is 2. The van der Waals surface area contributed by atoms with Gasteiger partial charge in [0.1, 0.15) is 0 Å². The van der Waals surface area contributed by atoms with Crippen molar-refractivity contribution >= 4 is 34.2 Å². The number of nitrogens with one attached hydrogen (secondary N) is 1. The van der Waals surface area contributed by atoms with Gasteiger partial charge in [-0.15, -0.1) is 10.2 Å². The summed E-state index contributed by atoms with van der Waals surface area (Å²) in [6, 6.07) is 0. The van der Waals surface area contributed by atoms with Crippen LogP contribution in [0, 0.1) is 5.41 Å². The molecule has 1 aromatic rings. The summed E-state index contributed by atoms with van der Waals surface area (Å²) >= 11 is 2.64.